The van der Waals surface area contributed by atoms with Gasteiger partial charge in [-0.2, -0.15) is 5.26 Å². The molecule has 2 aromatic rings. The number of carbonyl (C=O) groups excluding carboxylic acids is 2. The summed E-state index contributed by atoms with van der Waals surface area (Å²) in [6.07, 6.45) is 8.09. The normalized spacial score (nSPS) is 22.1. The molecule has 2 aromatic heterocycles. The predicted molar refractivity (Wildman–Crippen MR) is 141 cm³/mol. The van der Waals surface area contributed by atoms with E-state index in [0.717, 1.165) is 31.4 Å². The van der Waals surface area contributed by atoms with Crippen LogP contribution in [-0.4, -0.2) is 33.7 Å². The lowest BCUT2D eigenvalue weighted by molar-refractivity contribution is -0.119. The van der Waals surface area contributed by atoms with Crippen LogP contribution in [0.15, 0.2) is 49.8 Å². The van der Waals surface area contributed by atoms with Gasteiger partial charge < -0.3 is 15.5 Å². The molecule has 11 heteroatoms. The number of ketones is 1. The summed E-state index contributed by atoms with van der Waals surface area (Å²) in [5.41, 5.74) is 7.81. The molecule has 3 N–H and O–H groups in total. The van der Waals surface area contributed by atoms with Gasteiger partial charge in [-0.05, 0) is 36.8 Å². The van der Waals surface area contributed by atoms with Crippen molar-refractivity contribution in [3.8, 4) is 6.07 Å². The first-order chi connectivity index (χ1) is 17.8. The van der Waals surface area contributed by atoms with E-state index in [0.29, 0.717) is 33.6 Å². The third-order valence-corrected chi connectivity index (χ3v) is 9.13. The highest BCUT2D eigenvalue weighted by Gasteiger charge is 2.46. The fraction of sp³-hybridized carbons (Fsp3) is 0.500. The van der Waals surface area contributed by atoms with Crippen molar-refractivity contribution < 1.29 is 14.0 Å². The van der Waals surface area contributed by atoms with Crippen LogP contribution in [0, 0.1) is 16.7 Å². The summed E-state index contributed by atoms with van der Waals surface area (Å²) in [7, 11) is 0. The Morgan fingerprint density at radius 2 is 2.11 bits per heavy atom. The second-order valence-electron chi connectivity index (χ2n) is 10.5. The number of hydrogen-bond donors (Lipinski definition) is 2. The largest absolute Gasteiger partial charge is 0.468 e. The molecule has 3 aliphatic rings. The number of carbonyl (C=O) groups is 2. The number of hydrogen-bond acceptors (Lipinski definition) is 10. The Morgan fingerprint density at radius 3 is 2.81 bits per heavy atom. The van der Waals surface area contributed by atoms with Gasteiger partial charge in [0, 0.05) is 23.7 Å². The Balaban J connectivity index is 1.43. The van der Waals surface area contributed by atoms with Crippen molar-refractivity contribution in [3.63, 3.8) is 0 Å². The van der Waals surface area contributed by atoms with Gasteiger partial charge in [-0.15, -0.1) is 10.2 Å². The van der Waals surface area contributed by atoms with E-state index in [1.807, 2.05) is 13.8 Å². The third-order valence-electron chi connectivity index (χ3n) is 7.09. The van der Waals surface area contributed by atoms with Crippen molar-refractivity contribution in [3.05, 3.63) is 46.8 Å². The van der Waals surface area contributed by atoms with Gasteiger partial charge in [0.05, 0.1) is 29.6 Å². The number of nitriles is 1. The number of nitrogens with two attached hydrogens (primary N) is 1. The van der Waals surface area contributed by atoms with Crippen LogP contribution in [0.3, 0.4) is 0 Å². The molecule has 194 valence electrons. The third kappa shape index (κ3) is 5.18. The van der Waals surface area contributed by atoms with Crippen LogP contribution in [0.1, 0.15) is 70.5 Å². The van der Waals surface area contributed by atoms with Crippen molar-refractivity contribution in [2.24, 2.45) is 11.1 Å². The maximum absolute atomic E-state index is 13.5. The number of aromatic nitrogens is 2. The lowest BCUT2D eigenvalue weighted by Crippen LogP contribution is -2.42. The fourth-order valence-corrected chi connectivity index (χ4v) is 7.15. The first kappa shape index (κ1) is 25.5. The Bertz CT molecular complexity index is 1300. The maximum atomic E-state index is 13.5. The van der Waals surface area contributed by atoms with E-state index in [1.54, 1.807) is 17.0 Å². The van der Waals surface area contributed by atoms with Gasteiger partial charge in [0.25, 0.3) is 0 Å². The number of allylic oxidation sites excluding steroid dienone is 3. The van der Waals surface area contributed by atoms with Gasteiger partial charge >= 0.3 is 0 Å². The zero-order valence-electron chi connectivity index (χ0n) is 21.0. The van der Waals surface area contributed by atoms with Crippen molar-refractivity contribution in [1.29, 1.82) is 5.26 Å². The van der Waals surface area contributed by atoms with Crippen molar-refractivity contribution in [1.82, 2.24) is 15.5 Å². The van der Waals surface area contributed by atoms with Gasteiger partial charge in [0.1, 0.15) is 11.6 Å². The summed E-state index contributed by atoms with van der Waals surface area (Å²) >= 11 is 2.62. The quantitative estimate of drug-likeness (QED) is 0.505. The van der Waals surface area contributed by atoms with Gasteiger partial charge in [-0.1, -0.05) is 56.2 Å². The summed E-state index contributed by atoms with van der Waals surface area (Å²) in [6.45, 7) is 4.08. The van der Waals surface area contributed by atoms with Crippen LogP contribution >= 0.6 is 23.1 Å². The Kier molecular flexibility index (Phi) is 7.14. The molecule has 1 fully saturated rings. The zero-order valence-corrected chi connectivity index (χ0v) is 22.6. The Labute approximate surface area is 224 Å². The van der Waals surface area contributed by atoms with Crippen LogP contribution < -0.4 is 16.0 Å². The molecule has 0 aromatic carbocycles. The molecular formula is C26H30N6O3S2. The van der Waals surface area contributed by atoms with E-state index in [1.165, 1.54) is 35.8 Å². The van der Waals surface area contributed by atoms with Crippen LogP contribution in [0.2, 0.25) is 0 Å². The summed E-state index contributed by atoms with van der Waals surface area (Å²) in [4.78, 5) is 27.6. The van der Waals surface area contributed by atoms with E-state index in [9.17, 15) is 14.9 Å². The molecular weight excluding hydrogens is 508 g/mol. The smallest absolute Gasteiger partial charge is 0.230 e. The highest BCUT2D eigenvalue weighted by molar-refractivity contribution is 8.01. The zero-order chi connectivity index (χ0) is 26.2. The molecule has 0 bridgehead atoms. The Hall–Kier alpha value is -3.10. The number of amides is 1. The lowest BCUT2D eigenvalue weighted by Gasteiger charge is -2.42. The van der Waals surface area contributed by atoms with Crippen molar-refractivity contribution >= 4 is 39.9 Å². The number of nitrogens with zero attached hydrogens (tertiary/aromatic N) is 4. The average Bonchev–Trinajstić information content (AvgIpc) is 3.54. The predicted octanol–water partition coefficient (Wildman–Crippen LogP) is 4.61. The van der Waals surface area contributed by atoms with E-state index in [-0.39, 0.29) is 40.3 Å². The molecule has 1 atom stereocenters. The van der Waals surface area contributed by atoms with Crippen LogP contribution in [0.25, 0.3) is 0 Å². The summed E-state index contributed by atoms with van der Waals surface area (Å²) in [6, 6.07) is 5.98. The van der Waals surface area contributed by atoms with Crippen LogP contribution in [0.5, 0.6) is 0 Å². The van der Waals surface area contributed by atoms with E-state index < -0.39 is 5.92 Å². The van der Waals surface area contributed by atoms with E-state index in [2.05, 4.69) is 21.6 Å². The number of nitrogens with one attached hydrogen (secondary N) is 1. The molecule has 1 saturated carbocycles. The van der Waals surface area contributed by atoms with Crippen molar-refractivity contribution in [2.75, 3.05) is 10.7 Å². The SMILES string of the molecule is CC1(C)CC(=O)C2=C(C1)N(c1nnc(SCC(=O)NC3CCCCC3)s1)C(N)=C(C#N)C2c1ccco1. The molecule has 1 amide bonds. The topological polar surface area (TPSA) is 138 Å². The molecule has 0 spiro atoms. The van der Waals surface area contributed by atoms with E-state index >= 15 is 0 Å². The summed E-state index contributed by atoms with van der Waals surface area (Å²) < 4.78 is 6.27. The van der Waals surface area contributed by atoms with Gasteiger partial charge in [-0.3, -0.25) is 14.5 Å². The minimum Gasteiger partial charge on any atom is -0.468 e. The first-order valence-electron chi connectivity index (χ1n) is 12.5. The second kappa shape index (κ2) is 10.3. The molecule has 9 nitrogen and oxygen atoms in total. The minimum absolute atomic E-state index is 0.0105. The summed E-state index contributed by atoms with van der Waals surface area (Å²) in [5.74, 6) is 0.285. The molecule has 0 saturated heterocycles. The monoisotopic (exact) mass is 538 g/mol. The number of Topliss-reactive ketones (excluding diaryl/α,β-unsaturated/α-hetero) is 1. The highest BCUT2D eigenvalue weighted by Crippen LogP contribution is 2.50. The second-order valence-corrected chi connectivity index (χ2v) is 12.7. The highest BCUT2D eigenvalue weighted by atomic mass is 32.2. The Morgan fingerprint density at radius 1 is 1.32 bits per heavy atom. The molecule has 5 rings (SSSR count). The average molecular weight is 539 g/mol. The van der Waals surface area contributed by atoms with Gasteiger partial charge in [0.2, 0.25) is 11.0 Å². The number of furan rings is 1. The number of thioether (sulfide) groups is 1. The molecule has 1 aliphatic heterocycles. The van der Waals surface area contributed by atoms with E-state index in [4.69, 9.17) is 10.2 Å². The first-order valence-corrected chi connectivity index (χ1v) is 14.3. The molecule has 1 unspecified atom stereocenters. The summed E-state index contributed by atoms with van der Waals surface area (Å²) in [5, 5.41) is 22.3. The van der Waals surface area contributed by atoms with Gasteiger partial charge in [-0.25, -0.2) is 0 Å². The van der Waals surface area contributed by atoms with Crippen molar-refractivity contribution in [2.45, 2.75) is 75.1 Å². The number of anilines is 1. The molecule has 37 heavy (non-hydrogen) atoms. The van der Waals surface area contributed by atoms with Crippen LogP contribution in [0.4, 0.5) is 5.13 Å². The lowest BCUT2D eigenvalue weighted by atomic mass is 9.69. The fourth-order valence-electron chi connectivity index (χ4n) is 5.46. The molecule has 0 radical (unpaired) electrons. The van der Waals surface area contributed by atoms with Crippen LogP contribution in [-0.2, 0) is 9.59 Å². The molecule has 3 heterocycles. The molecule has 2 aliphatic carbocycles. The number of rotatable bonds is 6. The minimum atomic E-state index is -0.653. The maximum Gasteiger partial charge on any atom is 0.230 e. The standard InChI is InChI=1S/C26H30N6O3S2/c1-26(2)11-17-22(18(33)12-26)21(19-9-6-10-35-19)16(13-27)23(28)32(17)24-30-31-25(37-24)36-14-20(34)29-15-7-4-3-5-8-15/h6,9-10,15,21H,3-5,7-8,11-12,14,28H2,1-2H3,(H,29,34). The van der Waals surface area contributed by atoms with Gasteiger partial charge in [0.15, 0.2) is 10.1 Å².